The van der Waals surface area contributed by atoms with Crippen LogP contribution in [0.15, 0.2) is 36.5 Å². The van der Waals surface area contributed by atoms with Gasteiger partial charge in [0.25, 0.3) is 5.91 Å². The number of carbonyl (C=O) groups is 1. The molecule has 0 aliphatic heterocycles. The molecule has 3 nitrogen and oxygen atoms in total. The van der Waals surface area contributed by atoms with E-state index in [2.05, 4.69) is 24.1 Å². The molecule has 17 heavy (non-hydrogen) atoms. The number of hydrogen-bond acceptors (Lipinski definition) is 2. The number of aromatic nitrogens is 1. The maximum Gasteiger partial charge on any atom is 0.252 e. The van der Waals surface area contributed by atoms with Crippen LogP contribution in [0.25, 0.3) is 10.9 Å². The zero-order chi connectivity index (χ0) is 12.3. The standard InChI is InChI=1S/C14H16N2O/c1-10(2)8-16-14(17)12-7-11-5-3-4-6-13(11)15-9-12/h3-7,9-10H,8H2,1-2H3,(H,16,17). The molecule has 2 aromatic rings. The number of carbonyl (C=O) groups excluding carboxylic acids is 1. The van der Waals surface area contributed by atoms with Crippen molar-refractivity contribution in [2.24, 2.45) is 5.92 Å². The highest BCUT2D eigenvalue weighted by molar-refractivity contribution is 5.97. The summed E-state index contributed by atoms with van der Waals surface area (Å²) in [6.45, 7) is 4.82. The molecule has 0 radical (unpaired) electrons. The zero-order valence-electron chi connectivity index (χ0n) is 10.1. The third-order valence-electron chi connectivity index (χ3n) is 2.52. The summed E-state index contributed by atoms with van der Waals surface area (Å²) in [5.41, 5.74) is 1.53. The highest BCUT2D eigenvalue weighted by Crippen LogP contribution is 2.12. The Labute approximate surface area is 101 Å². The Hall–Kier alpha value is -1.90. The van der Waals surface area contributed by atoms with Crippen LogP contribution in [0, 0.1) is 5.92 Å². The summed E-state index contributed by atoms with van der Waals surface area (Å²) in [6, 6.07) is 9.65. The van der Waals surface area contributed by atoms with E-state index >= 15 is 0 Å². The van der Waals surface area contributed by atoms with Gasteiger partial charge in [0.1, 0.15) is 0 Å². The van der Waals surface area contributed by atoms with Gasteiger partial charge in [-0.05, 0) is 18.1 Å². The fraction of sp³-hybridized carbons (Fsp3) is 0.286. The van der Waals surface area contributed by atoms with E-state index in [0.29, 0.717) is 18.0 Å². The molecule has 1 aromatic carbocycles. The van der Waals surface area contributed by atoms with Crippen LogP contribution in [0.3, 0.4) is 0 Å². The second-order valence-electron chi connectivity index (χ2n) is 4.52. The molecule has 0 aliphatic rings. The first-order chi connectivity index (χ1) is 8.16. The molecule has 0 atom stereocenters. The van der Waals surface area contributed by atoms with Crippen molar-refractivity contribution in [2.75, 3.05) is 6.54 Å². The van der Waals surface area contributed by atoms with E-state index in [9.17, 15) is 4.79 Å². The van der Waals surface area contributed by atoms with Crippen molar-refractivity contribution in [3.05, 3.63) is 42.1 Å². The molecule has 88 valence electrons. The van der Waals surface area contributed by atoms with Crippen LogP contribution < -0.4 is 5.32 Å². The minimum absolute atomic E-state index is 0.0584. The molecule has 0 spiro atoms. The van der Waals surface area contributed by atoms with Crippen molar-refractivity contribution in [3.8, 4) is 0 Å². The van der Waals surface area contributed by atoms with E-state index in [0.717, 1.165) is 10.9 Å². The average molecular weight is 228 g/mol. The largest absolute Gasteiger partial charge is 0.352 e. The van der Waals surface area contributed by atoms with E-state index in [1.165, 1.54) is 0 Å². The molecule has 0 fully saturated rings. The van der Waals surface area contributed by atoms with Crippen molar-refractivity contribution >= 4 is 16.8 Å². The summed E-state index contributed by atoms with van der Waals surface area (Å²) >= 11 is 0. The second kappa shape index (κ2) is 4.95. The smallest absolute Gasteiger partial charge is 0.252 e. The SMILES string of the molecule is CC(C)CNC(=O)c1cnc2ccccc2c1. The maximum absolute atomic E-state index is 11.8. The quantitative estimate of drug-likeness (QED) is 0.877. The van der Waals surface area contributed by atoms with Gasteiger partial charge in [-0.25, -0.2) is 0 Å². The molecule has 1 aromatic heterocycles. The monoisotopic (exact) mass is 228 g/mol. The molecule has 0 saturated heterocycles. The summed E-state index contributed by atoms with van der Waals surface area (Å²) in [5, 5.41) is 3.87. The lowest BCUT2D eigenvalue weighted by Crippen LogP contribution is -2.27. The number of pyridine rings is 1. The van der Waals surface area contributed by atoms with Crippen molar-refractivity contribution in [2.45, 2.75) is 13.8 Å². The fourth-order valence-electron chi connectivity index (χ4n) is 1.59. The average Bonchev–Trinajstić information content (AvgIpc) is 2.35. The topological polar surface area (TPSA) is 42.0 Å². The zero-order valence-corrected chi connectivity index (χ0v) is 10.1. The van der Waals surface area contributed by atoms with Gasteiger partial charge in [-0.15, -0.1) is 0 Å². The molecule has 0 aliphatic carbocycles. The summed E-state index contributed by atoms with van der Waals surface area (Å²) in [7, 11) is 0. The second-order valence-corrected chi connectivity index (χ2v) is 4.52. The number of nitrogens with zero attached hydrogens (tertiary/aromatic N) is 1. The van der Waals surface area contributed by atoms with Gasteiger partial charge in [0.05, 0.1) is 11.1 Å². The lowest BCUT2D eigenvalue weighted by Gasteiger charge is -2.07. The van der Waals surface area contributed by atoms with Gasteiger partial charge in [0, 0.05) is 18.1 Å². The van der Waals surface area contributed by atoms with Crippen LogP contribution in [0.5, 0.6) is 0 Å². The maximum atomic E-state index is 11.8. The Balaban J connectivity index is 2.21. The number of hydrogen-bond donors (Lipinski definition) is 1. The molecule has 2 rings (SSSR count). The predicted molar refractivity (Wildman–Crippen MR) is 68.9 cm³/mol. The number of para-hydroxylation sites is 1. The Bertz CT molecular complexity index is 534. The van der Waals surface area contributed by atoms with Crippen LogP contribution in [0.2, 0.25) is 0 Å². The van der Waals surface area contributed by atoms with Gasteiger partial charge in [-0.3, -0.25) is 9.78 Å². The molecule has 1 heterocycles. The molecule has 1 amide bonds. The van der Waals surface area contributed by atoms with Crippen LogP contribution in [0.1, 0.15) is 24.2 Å². The van der Waals surface area contributed by atoms with Gasteiger partial charge in [-0.1, -0.05) is 32.0 Å². The number of fused-ring (bicyclic) bond motifs is 1. The number of rotatable bonds is 3. The molecule has 0 bridgehead atoms. The third kappa shape index (κ3) is 2.81. The molecular weight excluding hydrogens is 212 g/mol. The normalized spacial score (nSPS) is 10.8. The van der Waals surface area contributed by atoms with Crippen molar-refractivity contribution in [3.63, 3.8) is 0 Å². The fourth-order valence-corrected chi connectivity index (χ4v) is 1.59. The van der Waals surface area contributed by atoms with Gasteiger partial charge in [-0.2, -0.15) is 0 Å². The van der Waals surface area contributed by atoms with Crippen molar-refractivity contribution in [1.29, 1.82) is 0 Å². The van der Waals surface area contributed by atoms with Crippen LogP contribution in [-0.2, 0) is 0 Å². The van der Waals surface area contributed by atoms with E-state index < -0.39 is 0 Å². The Morgan fingerprint density at radius 3 is 2.88 bits per heavy atom. The molecule has 0 saturated carbocycles. The third-order valence-corrected chi connectivity index (χ3v) is 2.52. The molecule has 0 unspecified atom stereocenters. The van der Waals surface area contributed by atoms with Gasteiger partial charge < -0.3 is 5.32 Å². The van der Waals surface area contributed by atoms with Gasteiger partial charge in [0.15, 0.2) is 0 Å². The first kappa shape index (κ1) is 11.6. The van der Waals surface area contributed by atoms with Crippen LogP contribution >= 0.6 is 0 Å². The number of amides is 1. The van der Waals surface area contributed by atoms with E-state index in [4.69, 9.17) is 0 Å². The van der Waals surface area contributed by atoms with Crippen LogP contribution in [-0.4, -0.2) is 17.4 Å². The number of nitrogens with one attached hydrogen (secondary N) is 1. The predicted octanol–water partition coefficient (Wildman–Crippen LogP) is 2.62. The summed E-state index contributed by atoms with van der Waals surface area (Å²) < 4.78 is 0. The first-order valence-corrected chi connectivity index (χ1v) is 5.80. The molecule has 3 heteroatoms. The molecular formula is C14H16N2O. The minimum atomic E-state index is -0.0584. The summed E-state index contributed by atoms with van der Waals surface area (Å²) in [4.78, 5) is 16.1. The Morgan fingerprint density at radius 2 is 2.12 bits per heavy atom. The molecule has 1 N–H and O–H groups in total. The lowest BCUT2D eigenvalue weighted by molar-refractivity contribution is 0.0949. The van der Waals surface area contributed by atoms with Crippen molar-refractivity contribution < 1.29 is 4.79 Å². The Kier molecular flexibility index (Phi) is 3.38. The van der Waals surface area contributed by atoms with Gasteiger partial charge >= 0.3 is 0 Å². The summed E-state index contributed by atoms with van der Waals surface area (Å²) in [5.74, 6) is 0.393. The lowest BCUT2D eigenvalue weighted by atomic mass is 10.1. The highest BCUT2D eigenvalue weighted by atomic mass is 16.1. The first-order valence-electron chi connectivity index (χ1n) is 5.80. The van der Waals surface area contributed by atoms with E-state index in [1.54, 1.807) is 6.20 Å². The van der Waals surface area contributed by atoms with Gasteiger partial charge in [0.2, 0.25) is 0 Å². The number of benzene rings is 1. The highest BCUT2D eigenvalue weighted by Gasteiger charge is 2.07. The summed E-state index contributed by atoms with van der Waals surface area (Å²) in [6.07, 6.45) is 1.62. The Morgan fingerprint density at radius 1 is 1.35 bits per heavy atom. The van der Waals surface area contributed by atoms with Crippen molar-refractivity contribution in [1.82, 2.24) is 10.3 Å². The van der Waals surface area contributed by atoms with E-state index in [1.807, 2.05) is 30.3 Å². The van der Waals surface area contributed by atoms with Crippen LogP contribution in [0.4, 0.5) is 0 Å². The minimum Gasteiger partial charge on any atom is -0.352 e. The van der Waals surface area contributed by atoms with E-state index in [-0.39, 0.29) is 5.91 Å².